The highest BCUT2D eigenvalue weighted by molar-refractivity contribution is 5.77. The second-order valence-electron chi connectivity index (χ2n) is 5.90. The van der Waals surface area contributed by atoms with Gasteiger partial charge in [0, 0.05) is 19.5 Å². The average Bonchev–Trinajstić information content (AvgIpc) is 2.96. The molecule has 3 N–H and O–H groups in total. The molecular weight excluding hydrogens is 278 g/mol. The van der Waals surface area contributed by atoms with Crippen LogP contribution in [0.2, 0.25) is 0 Å². The molecule has 5 heteroatoms. The van der Waals surface area contributed by atoms with E-state index in [2.05, 4.69) is 36.5 Å². The summed E-state index contributed by atoms with van der Waals surface area (Å²) in [4.78, 5) is 25.0. The van der Waals surface area contributed by atoms with Gasteiger partial charge in [-0.25, -0.2) is 4.79 Å². The Morgan fingerprint density at radius 1 is 1.27 bits per heavy atom. The SMILES string of the molecule is Cc1ccc(C2CCCN2C(=O)CCCCNC(N)=O)cc1. The Hall–Kier alpha value is -2.04. The molecule has 120 valence electrons. The fraction of sp³-hybridized carbons (Fsp3) is 0.529. The molecule has 1 unspecified atom stereocenters. The first-order chi connectivity index (χ1) is 10.6. The van der Waals surface area contributed by atoms with E-state index in [4.69, 9.17) is 5.73 Å². The number of amides is 3. The quantitative estimate of drug-likeness (QED) is 0.792. The lowest BCUT2D eigenvalue weighted by molar-refractivity contribution is -0.132. The number of nitrogens with two attached hydrogens (primary N) is 1. The van der Waals surface area contributed by atoms with Crippen molar-refractivity contribution in [1.82, 2.24) is 10.2 Å². The number of benzene rings is 1. The van der Waals surface area contributed by atoms with Gasteiger partial charge in [0.25, 0.3) is 0 Å². The van der Waals surface area contributed by atoms with Crippen molar-refractivity contribution in [2.24, 2.45) is 5.73 Å². The van der Waals surface area contributed by atoms with Crippen LogP contribution >= 0.6 is 0 Å². The van der Waals surface area contributed by atoms with Crippen LogP contribution < -0.4 is 11.1 Å². The largest absolute Gasteiger partial charge is 0.352 e. The lowest BCUT2D eigenvalue weighted by Crippen LogP contribution is -2.31. The fourth-order valence-corrected chi connectivity index (χ4v) is 2.96. The third kappa shape index (κ3) is 4.48. The first-order valence-corrected chi connectivity index (χ1v) is 7.97. The molecule has 3 amide bonds. The number of nitrogens with zero attached hydrogens (tertiary/aromatic N) is 1. The molecule has 1 aliphatic heterocycles. The zero-order valence-electron chi connectivity index (χ0n) is 13.2. The molecule has 1 aliphatic rings. The predicted molar refractivity (Wildman–Crippen MR) is 86.3 cm³/mol. The maximum atomic E-state index is 12.4. The monoisotopic (exact) mass is 303 g/mol. The molecule has 1 fully saturated rings. The first kappa shape index (κ1) is 16.3. The van der Waals surface area contributed by atoms with E-state index in [1.165, 1.54) is 11.1 Å². The Labute approximate surface area is 131 Å². The summed E-state index contributed by atoms with van der Waals surface area (Å²) in [5.74, 6) is 0.210. The zero-order valence-corrected chi connectivity index (χ0v) is 13.2. The molecule has 0 saturated carbocycles. The number of likely N-dealkylation sites (tertiary alicyclic amines) is 1. The molecule has 0 spiro atoms. The Morgan fingerprint density at radius 3 is 2.68 bits per heavy atom. The van der Waals surface area contributed by atoms with E-state index in [0.29, 0.717) is 13.0 Å². The second-order valence-corrected chi connectivity index (χ2v) is 5.90. The van der Waals surface area contributed by atoms with Gasteiger partial charge in [0.15, 0.2) is 0 Å². The lowest BCUT2D eigenvalue weighted by Gasteiger charge is -2.25. The zero-order chi connectivity index (χ0) is 15.9. The standard InChI is InChI=1S/C17H25N3O2/c1-13-7-9-14(10-8-13)15-5-4-12-20(15)16(21)6-2-3-11-19-17(18)22/h7-10,15H,2-6,11-12H2,1H3,(H3,18,19,22). The summed E-state index contributed by atoms with van der Waals surface area (Å²) in [7, 11) is 0. The van der Waals surface area contributed by atoms with Gasteiger partial charge in [0.05, 0.1) is 6.04 Å². The highest BCUT2D eigenvalue weighted by Gasteiger charge is 2.29. The van der Waals surface area contributed by atoms with Crippen molar-refractivity contribution in [3.8, 4) is 0 Å². The van der Waals surface area contributed by atoms with Gasteiger partial charge in [0.2, 0.25) is 5.91 Å². The average molecular weight is 303 g/mol. The number of urea groups is 1. The van der Waals surface area contributed by atoms with Crippen molar-refractivity contribution in [3.05, 3.63) is 35.4 Å². The first-order valence-electron chi connectivity index (χ1n) is 7.97. The van der Waals surface area contributed by atoms with Crippen LogP contribution in [0.3, 0.4) is 0 Å². The molecule has 2 rings (SSSR count). The summed E-state index contributed by atoms with van der Waals surface area (Å²) in [5, 5.41) is 2.54. The number of unbranched alkanes of at least 4 members (excludes halogenated alkanes) is 1. The second kappa shape index (κ2) is 7.82. The summed E-state index contributed by atoms with van der Waals surface area (Å²) >= 11 is 0. The smallest absolute Gasteiger partial charge is 0.312 e. The minimum atomic E-state index is -0.509. The van der Waals surface area contributed by atoms with E-state index in [0.717, 1.165) is 32.2 Å². The number of nitrogens with one attached hydrogen (secondary N) is 1. The summed E-state index contributed by atoms with van der Waals surface area (Å²) < 4.78 is 0. The maximum absolute atomic E-state index is 12.4. The van der Waals surface area contributed by atoms with Crippen LogP contribution in [0.5, 0.6) is 0 Å². The van der Waals surface area contributed by atoms with Gasteiger partial charge in [0.1, 0.15) is 0 Å². The molecule has 0 aliphatic carbocycles. The van der Waals surface area contributed by atoms with Crippen molar-refractivity contribution >= 4 is 11.9 Å². The lowest BCUT2D eigenvalue weighted by atomic mass is 10.0. The third-order valence-corrected chi connectivity index (χ3v) is 4.15. The van der Waals surface area contributed by atoms with Crippen LogP contribution in [0.15, 0.2) is 24.3 Å². The van der Waals surface area contributed by atoms with Gasteiger partial charge in [-0.05, 0) is 38.2 Å². The van der Waals surface area contributed by atoms with Crippen molar-refractivity contribution in [1.29, 1.82) is 0 Å². The number of rotatable bonds is 6. The molecule has 5 nitrogen and oxygen atoms in total. The highest BCUT2D eigenvalue weighted by Crippen LogP contribution is 2.32. The van der Waals surface area contributed by atoms with Gasteiger partial charge in [-0.3, -0.25) is 4.79 Å². The number of primary amides is 1. The van der Waals surface area contributed by atoms with E-state index >= 15 is 0 Å². The number of carbonyl (C=O) groups excluding carboxylic acids is 2. The maximum Gasteiger partial charge on any atom is 0.312 e. The normalized spacial score (nSPS) is 17.5. The van der Waals surface area contributed by atoms with Crippen LogP contribution in [0.1, 0.15) is 49.3 Å². The molecule has 1 atom stereocenters. The van der Waals surface area contributed by atoms with Crippen molar-refractivity contribution in [2.45, 2.75) is 45.1 Å². The molecule has 22 heavy (non-hydrogen) atoms. The summed E-state index contributed by atoms with van der Waals surface area (Å²) in [6.07, 6.45) is 4.18. The van der Waals surface area contributed by atoms with E-state index in [-0.39, 0.29) is 11.9 Å². The Morgan fingerprint density at radius 2 is 2.00 bits per heavy atom. The number of hydrogen-bond donors (Lipinski definition) is 2. The van der Waals surface area contributed by atoms with Crippen molar-refractivity contribution in [3.63, 3.8) is 0 Å². The molecule has 1 heterocycles. The highest BCUT2D eigenvalue weighted by atomic mass is 16.2. The molecular formula is C17H25N3O2. The van der Waals surface area contributed by atoms with Gasteiger partial charge in [-0.1, -0.05) is 29.8 Å². The van der Waals surface area contributed by atoms with Gasteiger partial charge in [-0.15, -0.1) is 0 Å². The van der Waals surface area contributed by atoms with Crippen LogP contribution in [0, 0.1) is 6.92 Å². The summed E-state index contributed by atoms with van der Waals surface area (Å²) in [5.41, 5.74) is 7.47. The van der Waals surface area contributed by atoms with E-state index in [1.807, 2.05) is 4.90 Å². The van der Waals surface area contributed by atoms with Crippen LogP contribution in [0.25, 0.3) is 0 Å². The minimum Gasteiger partial charge on any atom is -0.352 e. The Kier molecular flexibility index (Phi) is 5.81. The van der Waals surface area contributed by atoms with Gasteiger partial charge >= 0.3 is 6.03 Å². The van der Waals surface area contributed by atoms with E-state index in [9.17, 15) is 9.59 Å². The van der Waals surface area contributed by atoms with E-state index < -0.39 is 6.03 Å². The number of carbonyl (C=O) groups is 2. The summed E-state index contributed by atoms with van der Waals surface area (Å²) in [6.45, 7) is 3.45. The number of aryl methyl sites for hydroxylation is 1. The fourth-order valence-electron chi connectivity index (χ4n) is 2.96. The van der Waals surface area contributed by atoms with Gasteiger partial charge in [-0.2, -0.15) is 0 Å². The number of hydrogen-bond acceptors (Lipinski definition) is 2. The Balaban J connectivity index is 1.83. The third-order valence-electron chi connectivity index (χ3n) is 4.15. The van der Waals surface area contributed by atoms with Crippen LogP contribution in [-0.2, 0) is 4.79 Å². The van der Waals surface area contributed by atoms with Crippen LogP contribution in [0.4, 0.5) is 4.79 Å². The van der Waals surface area contributed by atoms with Crippen molar-refractivity contribution in [2.75, 3.05) is 13.1 Å². The molecule has 0 bridgehead atoms. The predicted octanol–water partition coefficient (Wildman–Crippen LogP) is 2.50. The van der Waals surface area contributed by atoms with Crippen LogP contribution in [-0.4, -0.2) is 29.9 Å². The molecule has 1 aromatic rings. The molecule has 0 aromatic heterocycles. The van der Waals surface area contributed by atoms with Gasteiger partial charge < -0.3 is 16.0 Å². The molecule has 1 saturated heterocycles. The van der Waals surface area contributed by atoms with Crippen molar-refractivity contribution < 1.29 is 9.59 Å². The Bertz CT molecular complexity index is 513. The summed E-state index contributed by atoms with van der Waals surface area (Å²) in [6, 6.07) is 8.17. The molecule has 1 aromatic carbocycles. The molecule has 0 radical (unpaired) electrons. The van der Waals surface area contributed by atoms with E-state index in [1.54, 1.807) is 0 Å². The topological polar surface area (TPSA) is 75.4 Å². The minimum absolute atomic E-state index is 0.210.